The minimum atomic E-state index is -4.75. The molecule has 16 heteroatoms. The Morgan fingerprint density at radius 3 is 2.24 bits per heavy atom. The van der Waals surface area contributed by atoms with Gasteiger partial charge in [0.2, 0.25) is 20.0 Å². The SMILES string of the molecule is O=C[NH+]([O-])C(CS(=O)(=O)N1CCN(c2ccc(F)cc2)CC1)C1CCCN(S(=O)(=O)c2cccc(C(F)(F)F)c2)C1. The van der Waals surface area contributed by atoms with Crippen molar-refractivity contribution in [3.63, 3.8) is 0 Å². The van der Waals surface area contributed by atoms with Crippen LogP contribution in [0.3, 0.4) is 0 Å². The summed E-state index contributed by atoms with van der Waals surface area (Å²) in [4.78, 5) is 12.8. The van der Waals surface area contributed by atoms with E-state index in [9.17, 15) is 44.4 Å². The van der Waals surface area contributed by atoms with E-state index in [0.717, 1.165) is 28.2 Å². The summed E-state index contributed by atoms with van der Waals surface area (Å²) in [5.41, 5.74) is -0.409. The first-order valence-electron chi connectivity index (χ1n) is 12.9. The first-order valence-corrected chi connectivity index (χ1v) is 15.9. The highest BCUT2D eigenvalue weighted by Gasteiger charge is 2.41. The summed E-state index contributed by atoms with van der Waals surface area (Å²) in [5.74, 6) is -1.94. The molecule has 0 spiro atoms. The van der Waals surface area contributed by atoms with Crippen molar-refractivity contribution in [2.75, 3.05) is 49.9 Å². The molecule has 1 N–H and O–H groups in total. The number of nitrogens with zero attached hydrogens (tertiary/aromatic N) is 3. The molecule has 3 atom stereocenters. The van der Waals surface area contributed by atoms with Crippen molar-refractivity contribution in [2.45, 2.75) is 30.0 Å². The molecule has 2 aliphatic rings. The number of nitrogens with one attached hydrogen (secondary N) is 1. The van der Waals surface area contributed by atoms with E-state index in [1.807, 2.05) is 4.90 Å². The van der Waals surface area contributed by atoms with E-state index in [1.54, 1.807) is 12.1 Å². The van der Waals surface area contributed by atoms with Crippen molar-refractivity contribution in [2.24, 2.45) is 5.92 Å². The second-order valence-corrected chi connectivity index (χ2v) is 14.0. The standard InChI is InChI=1S/C25H30F4N4O6S2/c26-21-6-8-22(9-7-21)30-11-13-31(14-12-30)40(36,37)17-24(33(35)18-34)19-3-2-10-32(16-19)41(38,39)23-5-1-4-20(15-23)25(27,28)29/h1,4-9,15,18-19,24,33H,2-3,10-14,16-17H2. The first kappa shape index (κ1) is 31.3. The van der Waals surface area contributed by atoms with Crippen LogP contribution in [0.4, 0.5) is 23.2 Å². The number of hydrogen-bond acceptors (Lipinski definition) is 7. The van der Waals surface area contributed by atoms with Gasteiger partial charge in [0.05, 0.1) is 10.5 Å². The monoisotopic (exact) mass is 622 g/mol. The van der Waals surface area contributed by atoms with Gasteiger partial charge >= 0.3 is 6.18 Å². The molecule has 2 fully saturated rings. The predicted molar refractivity (Wildman–Crippen MR) is 141 cm³/mol. The van der Waals surface area contributed by atoms with Crippen LogP contribution in [0.2, 0.25) is 0 Å². The summed E-state index contributed by atoms with van der Waals surface area (Å²) >= 11 is 0. The summed E-state index contributed by atoms with van der Waals surface area (Å²) in [6.45, 7) is 0.434. The van der Waals surface area contributed by atoms with Gasteiger partial charge in [0.25, 0.3) is 6.41 Å². The van der Waals surface area contributed by atoms with Crippen LogP contribution in [0.25, 0.3) is 0 Å². The molecule has 0 aromatic heterocycles. The van der Waals surface area contributed by atoms with Crippen LogP contribution < -0.4 is 9.96 Å². The predicted octanol–water partition coefficient (Wildman–Crippen LogP) is 1.30. The van der Waals surface area contributed by atoms with Crippen molar-refractivity contribution >= 4 is 32.1 Å². The topological polar surface area (TPSA) is 123 Å². The van der Waals surface area contributed by atoms with Crippen LogP contribution in [-0.4, -0.2) is 82.9 Å². The fraction of sp³-hybridized carbons (Fsp3) is 0.480. The summed E-state index contributed by atoms with van der Waals surface area (Å²) in [5, 5.41) is 11.7. The Labute approximate surface area is 235 Å². The number of quaternary nitrogens is 1. The summed E-state index contributed by atoms with van der Waals surface area (Å²) in [6.07, 6.45) is -4.25. The maximum atomic E-state index is 13.3. The van der Waals surface area contributed by atoms with Crippen molar-refractivity contribution in [1.82, 2.24) is 8.61 Å². The Morgan fingerprint density at radius 1 is 0.976 bits per heavy atom. The largest absolute Gasteiger partial charge is 0.627 e. The van der Waals surface area contributed by atoms with E-state index < -0.39 is 65.3 Å². The molecule has 4 rings (SSSR count). The summed E-state index contributed by atoms with van der Waals surface area (Å²) in [6, 6.07) is 7.75. The number of carbonyl (C=O) groups is 1. The third-order valence-corrected chi connectivity index (χ3v) is 11.3. The van der Waals surface area contributed by atoms with E-state index in [4.69, 9.17) is 0 Å². The lowest BCUT2D eigenvalue weighted by atomic mass is 9.92. The smallest absolute Gasteiger partial charge is 0.416 e. The molecule has 2 heterocycles. The van der Waals surface area contributed by atoms with Crippen LogP contribution in [0.1, 0.15) is 18.4 Å². The molecule has 226 valence electrons. The number of rotatable bonds is 9. The highest BCUT2D eigenvalue weighted by Crippen LogP contribution is 2.32. The number of piperazine rings is 1. The highest BCUT2D eigenvalue weighted by atomic mass is 32.2. The van der Waals surface area contributed by atoms with Gasteiger partial charge in [-0.25, -0.2) is 26.0 Å². The minimum Gasteiger partial charge on any atom is -0.627 e. The molecular weight excluding hydrogens is 592 g/mol. The molecule has 2 saturated heterocycles. The van der Waals surface area contributed by atoms with Gasteiger partial charge in [-0.1, -0.05) is 6.07 Å². The van der Waals surface area contributed by atoms with Crippen LogP contribution >= 0.6 is 0 Å². The number of hydroxylamine groups is 2. The molecule has 2 aromatic rings. The summed E-state index contributed by atoms with van der Waals surface area (Å²) in [7, 11) is -8.45. The number of benzene rings is 2. The van der Waals surface area contributed by atoms with E-state index in [1.165, 1.54) is 16.4 Å². The van der Waals surface area contributed by atoms with Crippen LogP contribution in [0, 0.1) is 16.9 Å². The zero-order valence-corrected chi connectivity index (χ0v) is 23.5. The van der Waals surface area contributed by atoms with Gasteiger partial charge in [0.15, 0.2) is 0 Å². The van der Waals surface area contributed by atoms with Crippen molar-refractivity contribution in [3.8, 4) is 0 Å². The highest BCUT2D eigenvalue weighted by molar-refractivity contribution is 7.89. The number of hydrogen-bond donors (Lipinski definition) is 1. The van der Waals surface area contributed by atoms with E-state index >= 15 is 0 Å². The van der Waals surface area contributed by atoms with Gasteiger partial charge in [-0.05, 0) is 55.3 Å². The van der Waals surface area contributed by atoms with Gasteiger partial charge in [-0.2, -0.15) is 21.8 Å². The Hall–Kier alpha value is -2.63. The maximum absolute atomic E-state index is 13.3. The molecular formula is C25H30F4N4O6S2. The molecule has 0 bridgehead atoms. The summed E-state index contributed by atoms with van der Waals surface area (Å²) < 4.78 is 108. The number of alkyl halides is 3. The normalized spacial score (nSPS) is 21.4. The first-order chi connectivity index (χ1) is 19.2. The van der Waals surface area contributed by atoms with Crippen molar-refractivity contribution in [3.05, 3.63) is 65.1 Å². The van der Waals surface area contributed by atoms with Crippen LogP contribution in [0.15, 0.2) is 53.4 Å². The number of piperidine rings is 1. The third kappa shape index (κ3) is 7.24. The quantitative estimate of drug-likeness (QED) is 0.254. The lowest BCUT2D eigenvalue weighted by molar-refractivity contribution is -0.787. The number of sulfonamides is 2. The average molecular weight is 623 g/mol. The Kier molecular flexibility index (Phi) is 9.40. The lowest BCUT2D eigenvalue weighted by Gasteiger charge is -2.40. The van der Waals surface area contributed by atoms with E-state index in [-0.39, 0.29) is 45.4 Å². The van der Waals surface area contributed by atoms with Gasteiger partial charge in [-0.3, -0.25) is 0 Å². The van der Waals surface area contributed by atoms with E-state index in [2.05, 4.69) is 0 Å². The zero-order chi connectivity index (χ0) is 30.0. The second-order valence-electron chi connectivity index (χ2n) is 10.1. The number of anilines is 1. The van der Waals surface area contributed by atoms with Crippen LogP contribution in [-0.2, 0) is 31.0 Å². The molecule has 41 heavy (non-hydrogen) atoms. The van der Waals surface area contributed by atoms with Gasteiger partial charge in [0, 0.05) is 50.9 Å². The Balaban J connectivity index is 1.48. The number of amides is 1. The number of carbonyl (C=O) groups excluding carboxylic acids is 1. The molecule has 3 unspecified atom stereocenters. The third-order valence-electron chi connectivity index (χ3n) is 7.48. The molecule has 2 aromatic carbocycles. The fourth-order valence-electron chi connectivity index (χ4n) is 5.25. The molecule has 0 radical (unpaired) electrons. The molecule has 0 saturated carbocycles. The Morgan fingerprint density at radius 2 is 1.63 bits per heavy atom. The van der Waals surface area contributed by atoms with Gasteiger partial charge in [-0.15, -0.1) is 0 Å². The lowest BCUT2D eigenvalue weighted by Crippen LogP contribution is -3.12. The van der Waals surface area contributed by atoms with Gasteiger partial charge < -0.3 is 15.2 Å². The minimum absolute atomic E-state index is 0.0207. The molecule has 1 amide bonds. The van der Waals surface area contributed by atoms with Crippen molar-refractivity contribution in [1.29, 1.82) is 0 Å². The second kappa shape index (κ2) is 12.3. The number of halogens is 4. The van der Waals surface area contributed by atoms with Crippen LogP contribution in [0.5, 0.6) is 0 Å². The zero-order valence-electron chi connectivity index (χ0n) is 21.8. The van der Waals surface area contributed by atoms with Gasteiger partial charge in [0.1, 0.15) is 17.6 Å². The fourth-order valence-corrected chi connectivity index (χ4v) is 8.65. The molecule has 2 aliphatic heterocycles. The van der Waals surface area contributed by atoms with E-state index in [0.29, 0.717) is 19.2 Å². The Bertz CT molecular complexity index is 1430. The maximum Gasteiger partial charge on any atom is 0.416 e. The van der Waals surface area contributed by atoms with Crippen molar-refractivity contribution < 1.29 is 44.3 Å². The molecule has 0 aliphatic carbocycles. The average Bonchev–Trinajstić information content (AvgIpc) is 2.95. The molecule has 10 nitrogen and oxygen atoms in total.